The van der Waals surface area contributed by atoms with E-state index < -0.39 is 83.4 Å². The number of carbonyl (C=O) groups is 3. The number of Topliss-reactive ketones (excluding diaryl/α,β-unsaturated/α-hetero) is 1. The maximum absolute atomic E-state index is 13.4. The lowest BCUT2D eigenvalue weighted by molar-refractivity contribution is -0.385. The zero-order valence-electron chi connectivity index (χ0n) is 29.9. The lowest BCUT2D eigenvalue weighted by Crippen LogP contribution is -2.69. The summed E-state index contributed by atoms with van der Waals surface area (Å²) in [6.07, 6.45) is -3.98. The molecule has 3 spiro atoms. The second kappa shape index (κ2) is 10.2. The maximum Gasteiger partial charge on any atom is 0.509 e. The first kappa shape index (κ1) is 32.8. The lowest BCUT2D eigenvalue weighted by Gasteiger charge is -2.50. The third-order valence-electron chi connectivity index (χ3n) is 13.5. The van der Waals surface area contributed by atoms with Gasteiger partial charge in [0.1, 0.15) is 29.8 Å². The number of hydrogen-bond donors (Lipinski definition) is 1. The number of ketones is 1. The fourth-order valence-electron chi connectivity index (χ4n) is 11.2. The van der Waals surface area contributed by atoms with E-state index >= 15 is 0 Å². The quantitative estimate of drug-likeness (QED) is 0.355. The number of aromatic hydroxyl groups is 1. The van der Waals surface area contributed by atoms with Crippen LogP contribution in [0, 0.1) is 13.8 Å². The van der Waals surface area contributed by atoms with Gasteiger partial charge in [-0.15, -0.1) is 0 Å². The lowest BCUT2D eigenvalue weighted by atomic mass is 9.77. The van der Waals surface area contributed by atoms with Gasteiger partial charge in [-0.25, -0.2) is 4.79 Å². The van der Waals surface area contributed by atoms with Gasteiger partial charge >= 0.3 is 12.1 Å². The van der Waals surface area contributed by atoms with E-state index in [1.54, 1.807) is 13.8 Å². The molecule has 0 aromatic heterocycles. The Morgan fingerprint density at radius 3 is 2.51 bits per heavy atom. The largest absolute Gasteiger partial charge is 0.509 e. The molecule has 4 bridgehead atoms. The van der Waals surface area contributed by atoms with Gasteiger partial charge in [-0.1, -0.05) is 6.07 Å². The molecule has 2 aromatic carbocycles. The summed E-state index contributed by atoms with van der Waals surface area (Å²) >= 11 is 0. The third kappa shape index (κ3) is 3.59. The van der Waals surface area contributed by atoms with E-state index in [1.807, 2.05) is 19.9 Å². The van der Waals surface area contributed by atoms with E-state index in [9.17, 15) is 19.5 Å². The van der Waals surface area contributed by atoms with Crippen LogP contribution in [0.5, 0.6) is 11.5 Å². The van der Waals surface area contributed by atoms with Crippen molar-refractivity contribution >= 4 is 28.7 Å². The molecule has 1 saturated carbocycles. The first-order valence-electron chi connectivity index (χ1n) is 18.5. The third-order valence-corrected chi connectivity index (χ3v) is 13.5. The predicted molar refractivity (Wildman–Crippen MR) is 174 cm³/mol. The van der Waals surface area contributed by atoms with Crippen LogP contribution in [-0.2, 0) is 58.6 Å². The molecule has 15 heteroatoms. The van der Waals surface area contributed by atoms with E-state index in [-0.39, 0.29) is 24.6 Å². The molecular formula is C38H40O15. The number of phenols is 1. The van der Waals surface area contributed by atoms with Crippen molar-refractivity contribution in [2.24, 2.45) is 0 Å². The zero-order valence-corrected chi connectivity index (χ0v) is 29.9. The van der Waals surface area contributed by atoms with Crippen molar-refractivity contribution in [3.63, 3.8) is 0 Å². The summed E-state index contributed by atoms with van der Waals surface area (Å²) in [7, 11) is 0. The fraction of sp³-hybridized carbons (Fsp3) is 0.658. The van der Waals surface area contributed by atoms with Gasteiger partial charge in [0.05, 0.1) is 36.7 Å². The molecule has 7 aliphatic heterocycles. The van der Waals surface area contributed by atoms with Crippen LogP contribution in [0.15, 0.2) is 6.07 Å². The fourth-order valence-corrected chi connectivity index (χ4v) is 11.2. The number of fused-ring (bicyclic) bond motifs is 5. The zero-order chi connectivity index (χ0) is 36.6. The Bertz CT molecular complexity index is 2050. The number of esters is 1. The SMILES string of the molecule is CC(=O)OC1CC(O[C@@]23Oc4c(c(C)cc5c(C)c6c(c(O)c45)C(=O)CCC6)C4C2OC2(C5OCCCO5)OC42[C@]32CO2)OC(C)C12OC(=O)O[C@@H]2C. The van der Waals surface area contributed by atoms with Crippen molar-refractivity contribution in [2.75, 3.05) is 19.8 Å². The topological polar surface area (TPSA) is 180 Å². The molecular weight excluding hydrogens is 696 g/mol. The van der Waals surface area contributed by atoms with Crippen LogP contribution in [0.2, 0.25) is 0 Å². The van der Waals surface area contributed by atoms with Gasteiger partial charge in [0.25, 0.3) is 11.6 Å². The first-order valence-corrected chi connectivity index (χ1v) is 18.5. The minimum absolute atomic E-state index is 0.0644. The molecule has 1 N–H and O–H groups in total. The molecule has 7 fully saturated rings. The van der Waals surface area contributed by atoms with Crippen molar-refractivity contribution in [1.82, 2.24) is 0 Å². The average molecular weight is 737 g/mol. The number of epoxide rings is 2. The number of ether oxygens (including phenoxy) is 11. The Morgan fingerprint density at radius 1 is 1.04 bits per heavy atom. The van der Waals surface area contributed by atoms with E-state index in [0.29, 0.717) is 49.2 Å². The molecule has 8 unspecified atom stereocenters. The summed E-state index contributed by atoms with van der Waals surface area (Å²) in [6.45, 7) is 9.69. The minimum Gasteiger partial charge on any atom is -0.506 e. The Kier molecular flexibility index (Phi) is 6.31. The Balaban J connectivity index is 1.09. The maximum atomic E-state index is 13.4. The van der Waals surface area contributed by atoms with Gasteiger partial charge in [-0.05, 0) is 69.0 Å². The highest BCUT2D eigenvalue weighted by Gasteiger charge is 3.07. The summed E-state index contributed by atoms with van der Waals surface area (Å²) in [4.78, 5) is 38.2. The van der Waals surface area contributed by atoms with E-state index in [4.69, 9.17) is 52.1 Å². The number of phenolic OH excluding ortho intramolecular Hbond substituents is 1. The van der Waals surface area contributed by atoms with Crippen LogP contribution in [0.3, 0.4) is 0 Å². The monoisotopic (exact) mass is 736 g/mol. The first-order chi connectivity index (χ1) is 25.4. The molecule has 282 valence electrons. The number of aryl methyl sites for hydroxylation is 2. The molecule has 15 nitrogen and oxygen atoms in total. The minimum atomic E-state index is -1.73. The van der Waals surface area contributed by atoms with Crippen molar-refractivity contribution in [2.45, 2.75) is 138 Å². The second-order valence-electron chi connectivity index (χ2n) is 15.9. The van der Waals surface area contributed by atoms with Gasteiger partial charge < -0.3 is 57.2 Å². The van der Waals surface area contributed by atoms with Crippen LogP contribution >= 0.6 is 0 Å². The number of hydrogen-bond acceptors (Lipinski definition) is 15. The molecule has 7 heterocycles. The summed E-state index contributed by atoms with van der Waals surface area (Å²) in [5.74, 6) is -4.10. The van der Waals surface area contributed by atoms with Crippen LogP contribution in [0.4, 0.5) is 4.79 Å². The van der Waals surface area contributed by atoms with Crippen LogP contribution in [0.1, 0.15) is 85.0 Å². The molecule has 2 aliphatic carbocycles. The number of rotatable bonds is 4. The van der Waals surface area contributed by atoms with E-state index in [2.05, 4.69) is 0 Å². The van der Waals surface area contributed by atoms with E-state index in [1.165, 1.54) is 6.92 Å². The Labute approximate surface area is 303 Å². The Hall–Kier alpha value is -3.57. The molecule has 2 aromatic rings. The molecule has 11 rings (SSSR count). The highest BCUT2D eigenvalue weighted by Crippen LogP contribution is 2.85. The average Bonchev–Trinajstić information content (AvgIpc) is 4.00. The molecule has 53 heavy (non-hydrogen) atoms. The smallest absolute Gasteiger partial charge is 0.506 e. The van der Waals surface area contributed by atoms with Gasteiger partial charge in [0.2, 0.25) is 11.9 Å². The number of benzene rings is 2. The van der Waals surface area contributed by atoms with Gasteiger partial charge in [-0.2, -0.15) is 0 Å². The number of carbonyl (C=O) groups excluding carboxylic acids is 3. The number of cyclic esters (lactones) is 1. The van der Waals surface area contributed by atoms with Gasteiger partial charge in [0.15, 0.2) is 29.4 Å². The van der Waals surface area contributed by atoms with Gasteiger partial charge in [0, 0.05) is 25.3 Å². The van der Waals surface area contributed by atoms with Crippen LogP contribution in [-0.4, -0.2) is 108 Å². The van der Waals surface area contributed by atoms with Crippen LogP contribution < -0.4 is 4.74 Å². The predicted octanol–water partition coefficient (Wildman–Crippen LogP) is 3.64. The molecule has 0 radical (unpaired) electrons. The van der Waals surface area contributed by atoms with Crippen molar-refractivity contribution in [3.8, 4) is 11.5 Å². The summed E-state index contributed by atoms with van der Waals surface area (Å²) in [5, 5.41) is 13.2. The molecule has 0 amide bonds. The second-order valence-corrected chi connectivity index (χ2v) is 15.9. The molecule has 9 aliphatic rings. The van der Waals surface area contributed by atoms with E-state index in [0.717, 1.165) is 34.1 Å². The Morgan fingerprint density at radius 2 is 1.81 bits per heavy atom. The summed E-state index contributed by atoms with van der Waals surface area (Å²) < 4.78 is 70.1. The van der Waals surface area contributed by atoms with Crippen molar-refractivity contribution < 1.29 is 71.6 Å². The molecule has 6 saturated heterocycles. The van der Waals surface area contributed by atoms with Crippen LogP contribution in [0.25, 0.3) is 10.8 Å². The van der Waals surface area contributed by atoms with Crippen molar-refractivity contribution in [1.29, 1.82) is 0 Å². The molecule has 11 atom stereocenters. The summed E-state index contributed by atoms with van der Waals surface area (Å²) in [6, 6.07) is 2.04. The highest BCUT2D eigenvalue weighted by molar-refractivity contribution is 6.10. The van der Waals surface area contributed by atoms with Gasteiger partial charge in [-0.3, -0.25) is 9.59 Å². The highest BCUT2D eigenvalue weighted by atomic mass is 16.9. The van der Waals surface area contributed by atoms with Crippen molar-refractivity contribution in [3.05, 3.63) is 33.9 Å². The normalized spacial score (nSPS) is 44.3. The summed E-state index contributed by atoms with van der Waals surface area (Å²) in [5.41, 5.74) is -0.176. The standard InChI is InChI=1S/C38H40O15/c1-15-12-21-16(2)20-8-6-9-22(40)26(20)29(41)27(21)30-25(15)28-31-37(50-30,34(14-45-34)36(28)38(51-31,53-36)32-43-10-7-11-44-32)49-24-13-23(48-19(5)39)35(17(3)46-24)18(4)47-33(42)52-35/h12,17-18,23-24,28,31-32,41H,6-11,13-14H2,1-5H3/t17?,18-,23?,24?,28?,31?,34-,35?,36?,37-,38?/m1/s1.